The summed E-state index contributed by atoms with van der Waals surface area (Å²) in [6, 6.07) is 7.62. The quantitative estimate of drug-likeness (QED) is 0.596. The minimum Gasteiger partial charge on any atom is -0.497 e. The van der Waals surface area contributed by atoms with E-state index in [1.807, 2.05) is 31.2 Å². The Morgan fingerprint density at radius 1 is 1.10 bits per heavy atom. The minimum absolute atomic E-state index is 0.260. The van der Waals surface area contributed by atoms with Crippen LogP contribution in [0.15, 0.2) is 24.3 Å². The molecule has 0 N–H and O–H groups in total. The molecule has 4 nitrogen and oxygen atoms in total. The third kappa shape index (κ3) is 4.65. The molecule has 0 amide bonds. The van der Waals surface area contributed by atoms with E-state index in [1.54, 1.807) is 7.11 Å². The van der Waals surface area contributed by atoms with Crippen LogP contribution < -0.4 is 4.74 Å². The molecule has 112 valence electrons. The highest BCUT2D eigenvalue weighted by molar-refractivity contribution is 6.69. The largest absolute Gasteiger partial charge is 0.497 e. The highest BCUT2D eigenvalue weighted by atomic mass is 28.4. The first-order chi connectivity index (χ1) is 9.28. The maximum Gasteiger partial charge on any atom is 0.311 e. The summed E-state index contributed by atoms with van der Waals surface area (Å²) in [5.74, 6) is 0.176. The fraction of sp³-hybridized carbons (Fsp3) is 0.533. The SMILES string of the molecule is COC(=O)[C@H](C)[C@H](O[Si](C)(C)C)c1ccc(OC)cc1. The lowest BCUT2D eigenvalue weighted by Gasteiger charge is -2.30. The summed E-state index contributed by atoms with van der Waals surface area (Å²) >= 11 is 0. The van der Waals surface area contributed by atoms with E-state index in [1.165, 1.54) is 7.11 Å². The summed E-state index contributed by atoms with van der Waals surface area (Å²) in [6.45, 7) is 8.15. The second-order valence-corrected chi connectivity index (χ2v) is 10.2. The van der Waals surface area contributed by atoms with Crippen LogP contribution in [0.4, 0.5) is 0 Å². The molecule has 5 heteroatoms. The molecule has 1 aromatic carbocycles. The van der Waals surface area contributed by atoms with E-state index in [4.69, 9.17) is 13.9 Å². The van der Waals surface area contributed by atoms with Crippen molar-refractivity contribution in [1.82, 2.24) is 0 Å². The smallest absolute Gasteiger partial charge is 0.311 e. The van der Waals surface area contributed by atoms with Crippen molar-refractivity contribution >= 4 is 14.3 Å². The van der Waals surface area contributed by atoms with Crippen molar-refractivity contribution in [2.24, 2.45) is 5.92 Å². The molecule has 2 atom stereocenters. The maximum atomic E-state index is 11.8. The van der Waals surface area contributed by atoms with Crippen molar-refractivity contribution < 1.29 is 18.7 Å². The van der Waals surface area contributed by atoms with Gasteiger partial charge in [0.25, 0.3) is 0 Å². The molecule has 0 aliphatic rings. The number of carbonyl (C=O) groups excluding carboxylic acids is 1. The van der Waals surface area contributed by atoms with Crippen LogP contribution in [0.5, 0.6) is 5.75 Å². The number of hydrogen-bond acceptors (Lipinski definition) is 4. The summed E-state index contributed by atoms with van der Waals surface area (Å²) in [6.07, 6.45) is -0.292. The van der Waals surface area contributed by atoms with Gasteiger partial charge in [-0.1, -0.05) is 12.1 Å². The molecule has 0 radical (unpaired) electrons. The lowest BCUT2D eigenvalue weighted by Crippen LogP contribution is -2.33. The Morgan fingerprint density at radius 3 is 2.05 bits per heavy atom. The van der Waals surface area contributed by atoms with Gasteiger partial charge in [0.15, 0.2) is 8.32 Å². The molecular weight excluding hydrogens is 272 g/mol. The summed E-state index contributed by atoms with van der Waals surface area (Å²) in [5, 5.41) is 0. The van der Waals surface area contributed by atoms with Crippen molar-refractivity contribution in [2.75, 3.05) is 14.2 Å². The van der Waals surface area contributed by atoms with Gasteiger partial charge >= 0.3 is 5.97 Å². The molecular formula is C15H24O4Si. The van der Waals surface area contributed by atoms with Crippen molar-refractivity contribution in [2.45, 2.75) is 32.7 Å². The van der Waals surface area contributed by atoms with Gasteiger partial charge in [0.1, 0.15) is 5.75 Å². The predicted octanol–water partition coefficient (Wildman–Crippen LogP) is 3.40. The van der Waals surface area contributed by atoms with Crippen molar-refractivity contribution in [3.63, 3.8) is 0 Å². The highest BCUT2D eigenvalue weighted by Gasteiger charge is 2.31. The zero-order valence-electron chi connectivity index (χ0n) is 13.1. The molecule has 1 rings (SSSR count). The zero-order chi connectivity index (χ0) is 15.3. The maximum absolute atomic E-state index is 11.8. The number of rotatable bonds is 6. The Kier molecular flexibility index (Phi) is 5.77. The molecule has 0 saturated heterocycles. The number of esters is 1. The van der Waals surface area contributed by atoms with Crippen LogP contribution in [0.3, 0.4) is 0 Å². The first kappa shape index (κ1) is 16.7. The monoisotopic (exact) mass is 296 g/mol. The summed E-state index contributed by atoms with van der Waals surface area (Å²) in [4.78, 5) is 11.8. The second-order valence-electron chi connectivity index (χ2n) is 5.74. The van der Waals surface area contributed by atoms with Crippen LogP contribution in [0, 0.1) is 5.92 Å². The first-order valence-corrected chi connectivity index (χ1v) is 10.1. The van der Waals surface area contributed by atoms with Gasteiger partial charge in [0, 0.05) is 0 Å². The van der Waals surface area contributed by atoms with Gasteiger partial charge in [0.2, 0.25) is 0 Å². The Labute approximate surface area is 122 Å². The molecule has 20 heavy (non-hydrogen) atoms. The minimum atomic E-state index is -1.79. The van der Waals surface area contributed by atoms with Crippen LogP contribution in [0.25, 0.3) is 0 Å². The van der Waals surface area contributed by atoms with Gasteiger partial charge in [-0.2, -0.15) is 0 Å². The van der Waals surface area contributed by atoms with Crippen LogP contribution >= 0.6 is 0 Å². The average molecular weight is 296 g/mol. The Morgan fingerprint density at radius 2 is 1.65 bits per heavy atom. The lowest BCUT2D eigenvalue weighted by molar-refractivity contribution is -0.148. The molecule has 0 spiro atoms. The molecule has 0 bridgehead atoms. The molecule has 0 aromatic heterocycles. The topological polar surface area (TPSA) is 44.8 Å². The van der Waals surface area contributed by atoms with E-state index < -0.39 is 8.32 Å². The molecule has 0 fully saturated rings. The third-order valence-corrected chi connectivity index (χ3v) is 3.91. The van der Waals surface area contributed by atoms with E-state index >= 15 is 0 Å². The molecule has 0 aliphatic carbocycles. The van der Waals surface area contributed by atoms with Crippen LogP contribution in [-0.2, 0) is 14.0 Å². The van der Waals surface area contributed by atoms with Gasteiger partial charge in [0.05, 0.1) is 26.2 Å². The highest BCUT2D eigenvalue weighted by Crippen LogP contribution is 2.31. The number of hydrogen-bond donors (Lipinski definition) is 0. The second kappa shape index (κ2) is 6.90. The van der Waals surface area contributed by atoms with Crippen LogP contribution in [-0.4, -0.2) is 28.5 Å². The number of carbonyl (C=O) groups is 1. The number of methoxy groups -OCH3 is 2. The molecule has 0 aliphatic heterocycles. The summed E-state index contributed by atoms with van der Waals surface area (Å²) in [7, 11) is 1.24. The van der Waals surface area contributed by atoms with Crippen molar-refractivity contribution in [1.29, 1.82) is 0 Å². The normalized spacial score (nSPS) is 14.5. The van der Waals surface area contributed by atoms with Gasteiger partial charge in [-0.05, 0) is 44.3 Å². The van der Waals surface area contributed by atoms with Gasteiger partial charge in [-0.25, -0.2) is 0 Å². The summed E-state index contributed by atoms with van der Waals surface area (Å²) in [5.41, 5.74) is 0.964. The molecule has 0 saturated carbocycles. The van der Waals surface area contributed by atoms with E-state index in [0.29, 0.717) is 0 Å². The first-order valence-electron chi connectivity index (χ1n) is 6.68. The molecule has 0 heterocycles. The number of ether oxygens (including phenoxy) is 2. The summed E-state index contributed by atoms with van der Waals surface area (Å²) < 4.78 is 16.2. The fourth-order valence-electron chi connectivity index (χ4n) is 1.94. The van der Waals surface area contributed by atoms with E-state index in [2.05, 4.69) is 19.6 Å². The predicted molar refractivity (Wildman–Crippen MR) is 81.3 cm³/mol. The van der Waals surface area contributed by atoms with Gasteiger partial charge in [-0.3, -0.25) is 4.79 Å². The van der Waals surface area contributed by atoms with Crippen LogP contribution in [0.1, 0.15) is 18.6 Å². The molecule has 1 aromatic rings. The standard InChI is InChI=1S/C15H24O4Si/c1-11(15(16)18-3)14(19-20(4,5)6)12-7-9-13(17-2)10-8-12/h7-11,14H,1-6H3/t11-,14+/m1/s1. The Bertz CT molecular complexity index is 436. The van der Waals surface area contributed by atoms with E-state index in [-0.39, 0.29) is 18.0 Å². The van der Waals surface area contributed by atoms with E-state index in [0.717, 1.165) is 11.3 Å². The lowest BCUT2D eigenvalue weighted by atomic mass is 9.97. The third-order valence-electron chi connectivity index (χ3n) is 2.95. The fourth-order valence-corrected chi connectivity index (χ4v) is 3.04. The number of benzene rings is 1. The van der Waals surface area contributed by atoms with E-state index in [9.17, 15) is 4.79 Å². The average Bonchev–Trinajstić information content (AvgIpc) is 2.42. The molecule has 0 unspecified atom stereocenters. The Balaban J connectivity index is 3.05. The van der Waals surface area contributed by atoms with Gasteiger partial charge in [-0.15, -0.1) is 0 Å². The van der Waals surface area contributed by atoms with Gasteiger partial charge < -0.3 is 13.9 Å². The van der Waals surface area contributed by atoms with Crippen molar-refractivity contribution in [3.8, 4) is 5.75 Å². The van der Waals surface area contributed by atoms with Crippen molar-refractivity contribution in [3.05, 3.63) is 29.8 Å². The Hall–Kier alpha value is -1.33. The van der Waals surface area contributed by atoms with Crippen LogP contribution in [0.2, 0.25) is 19.6 Å². The zero-order valence-corrected chi connectivity index (χ0v) is 14.1.